The van der Waals surface area contributed by atoms with Crippen LogP contribution in [0.25, 0.3) is 11.2 Å². The van der Waals surface area contributed by atoms with Gasteiger partial charge in [0.25, 0.3) is 0 Å². The van der Waals surface area contributed by atoms with Crippen LogP contribution >= 0.6 is 43.5 Å². The Hall–Kier alpha value is -2.85. The van der Waals surface area contributed by atoms with Gasteiger partial charge in [-0.1, -0.05) is 84.2 Å². The maximum Gasteiger partial charge on any atom is 0.356 e. The quantitative estimate of drug-likeness (QED) is 0.0934. The molecule has 0 amide bonds. The summed E-state index contributed by atoms with van der Waals surface area (Å²) in [7, 11) is -3.76. The van der Waals surface area contributed by atoms with E-state index in [1.807, 2.05) is 60.7 Å². The van der Waals surface area contributed by atoms with E-state index in [0.717, 1.165) is 34.7 Å². The monoisotopic (exact) mass is 723 g/mol. The number of rotatable bonds is 19. The third-order valence-corrected chi connectivity index (χ3v) is 10.2. The Bertz CT molecular complexity index is 1530. The number of aromatic nitrogens is 4. The van der Waals surface area contributed by atoms with Crippen LogP contribution in [0.2, 0.25) is 0 Å². The van der Waals surface area contributed by atoms with Crippen LogP contribution in [0, 0.1) is 0 Å². The number of hydrogen-bond donors (Lipinski definition) is 3. The van der Waals surface area contributed by atoms with Crippen LogP contribution in [0.5, 0.6) is 0 Å². The lowest BCUT2D eigenvalue weighted by Crippen LogP contribution is -2.31. The Morgan fingerprint density at radius 2 is 1.34 bits per heavy atom. The molecule has 13 nitrogen and oxygen atoms in total. The Balaban J connectivity index is 0.00000600. The molecule has 0 spiro atoms. The molecule has 0 fully saturated rings. The predicted molar refractivity (Wildman–Crippen MR) is 188 cm³/mol. The Labute approximate surface area is 288 Å². The van der Waals surface area contributed by atoms with Gasteiger partial charge in [-0.2, -0.15) is 0 Å². The second-order valence-electron chi connectivity index (χ2n) is 10.1. The molecule has 6 N–H and O–H groups in total. The first kappa shape index (κ1) is 38.6. The van der Waals surface area contributed by atoms with Gasteiger partial charge in [-0.05, 0) is 24.0 Å². The topological polar surface area (TPSA) is 201 Å². The summed E-state index contributed by atoms with van der Waals surface area (Å²) in [4.78, 5) is 37.4. The number of halogens is 1. The van der Waals surface area contributed by atoms with E-state index in [2.05, 4.69) is 15.0 Å². The minimum absolute atomic E-state index is 0. The fourth-order valence-electron chi connectivity index (χ4n) is 4.27. The zero-order chi connectivity index (χ0) is 32.8. The minimum atomic E-state index is -3.76. The molecule has 0 aliphatic carbocycles. The summed E-state index contributed by atoms with van der Waals surface area (Å²) in [6, 6.07) is 17.7. The molecule has 0 aliphatic rings. The molecule has 2 aromatic carbocycles. The molecule has 2 heterocycles. The molecule has 0 saturated carbocycles. The Kier molecular flexibility index (Phi) is 16.3. The lowest BCUT2D eigenvalue weighted by atomic mass is 10.1. The average Bonchev–Trinajstić information content (AvgIpc) is 3.48. The summed E-state index contributed by atoms with van der Waals surface area (Å²) >= 11 is 2.02. The van der Waals surface area contributed by atoms with E-state index in [1.54, 1.807) is 10.9 Å². The zero-order valence-corrected chi connectivity index (χ0v) is 28.9. The summed E-state index contributed by atoms with van der Waals surface area (Å²) in [5.41, 5.74) is 21.0. The van der Waals surface area contributed by atoms with Gasteiger partial charge in [-0.25, -0.2) is 15.0 Å². The molecule has 2 atom stereocenters. The van der Waals surface area contributed by atoms with E-state index in [-0.39, 0.29) is 66.1 Å². The minimum Gasteiger partial charge on any atom is -0.382 e. The summed E-state index contributed by atoms with van der Waals surface area (Å²) < 4.78 is 32.3. The van der Waals surface area contributed by atoms with E-state index in [1.165, 1.54) is 6.33 Å². The van der Waals surface area contributed by atoms with Gasteiger partial charge >= 0.3 is 7.60 Å². The van der Waals surface area contributed by atoms with Gasteiger partial charge in [0.1, 0.15) is 18.2 Å². The van der Waals surface area contributed by atoms with Gasteiger partial charge in [0, 0.05) is 18.1 Å². The van der Waals surface area contributed by atoms with Crippen LogP contribution in [0.15, 0.2) is 73.3 Å². The molecule has 0 unspecified atom stereocenters. The average molecular weight is 724 g/mol. The third-order valence-electron chi connectivity index (χ3n) is 6.59. The summed E-state index contributed by atoms with van der Waals surface area (Å²) in [5.74, 6) is 0.710. The highest BCUT2D eigenvalue weighted by atomic mass is 35.5. The highest BCUT2D eigenvalue weighted by Gasteiger charge is 2.26. The molecule has 17 heteroatoms. The van der Waals surface area contributed by atoms with Crippen LogP contribution in [0.4, 0.5) is 5.82 Å². The largest absolute Gasteiger partial charge is 0.382 e. The number of carbonyl (C=O) groups is 2. The Morgan fingerprint density at radius 1 is 0.809 bits per heavy atom. The summed E-state index contributed by atoms with van der Waals surface area (Å²) in [6.45, 7) is 0.423. The van der Waals surface area contributed by atoms with Crippen LogP contribution in [0.1, 0.15) is 11.1 Å². The van der Waals surface area contributed by atoms with Crippen molar-refractivity contribution in [3.63, 3.8) is 0 Å². The van der Waals surface area contributed by atoms with E-state index in [4.69, 9.17) is 31.0 Å². The maximum atomic E-state index is 13.6. The molecule has 0 bridgehead atoms. The van der Waals surface area contributed by atoms with Gasteiger partial charge in [0.2, 0.25) is 10.2 Å². The molecular weight excluding hydrogens is 685 g/mol. The highest BCUT2D eigenvalue weighted by Crippen LogP contribution is 2.48. The van der Waals surface area contributed by atoms with Crippen molar-refractivity contribution >= 4 is 70.7 Å². The van der Waals surface area contributed by atoms with E-state index >= 15 is 0 Å². The van der Waals surface area contributed by atoms with E-state index in [9.17, 15) is 14.2 Å². The van der Waals surface area contributed by atoms with Crippen molar-refractivity contribution in [3.8, 4) is 0 Å². The normalized spacial score (nSPS) is 12.8. The second-order valence-corrected chi connectivity index (χ2v) is 14.3. The number of benzene rings is 2. The fourth-order valence-corrected chi connectivity index (χ4v) is 7.16. The predicted octanol–water partition coefficient (Wildman–Crippen LogP) is 3.69. The number of nitrogens with zero attached hydrogens (tertiary/aromatic N) is 4. The number of hydrogen-bond acceptors (Lipinski definition) is 14. The Morgan fingerprint density at radius 3 is 1.87 bits per heavy atom. The van der Waals surface area contributed by atoms with Crippen molar-refractivity contribution in [1.29, 1.82) is 0 Å². The number of thioether (sulfide) groups is 2. The van der Waals surface area contributed by atoms with Crippen LogP contribution in [-0.4, -0.2) is 79.5 Å². The molecule has 2 aromatic heterocycles. The standard InChI is InChI=1S/C30H38N7O6PS2.ClH/c31-24(17-22-7-3-1-4-8-22)29(38)45-15-13-42-44(40,21-41-12-11-37-20-36-26-27(33)34-19-35-28(26)37)43-14-16-46-30(39)25(32)18-23-9-5-2-6-10-23;/h1-10,19-20,24-25H,11-18,21,31-32H2,(H2,33,34,35);1H/t24-,25-;/m0./s1. The van der Waals surface area contributed by atoms with Gasteiger partial charge in [0.15, 0.2) is 11.5 Å². The molecular formula is C30H39ClN7O6PS2. The van der Waals surface area contributed by atoms with Crippen molar-refractivity contribution in [1.82, 2.24) is 19.5 Å². The molecule has 0 radical (unpaired) electrons. The van der Waals surface area contributed by atoms with Crippen molar-refractivity contribution in [3.05, 3.63) is 84.4 Å². The van der Waals surface area contributed by atoms with Gasteiger partial charge in [-0.15, -0.1) is 12.4 Å². The number of nitrogen functional groups attached to an aromatic ring is 1. The second kappa shape index (κ2) is 19.8. The lowest BCUT2D eigenvalue weighted by molar-refractivity contribution is -0.112. The molecule has 47 heavy (non-hydrogen) atoms. The van der Waals surface area contributed by atoms with Crippen LogP contribution in [0.3, 0.4) is 0 Å². The van der Waals surface area contributed by atoms with Crippen LogP contribution in [-0.2, 0) is 47.3 Å². The van der Waals surface area contributed by atoms with Crippen molar-refractivity contribution in [2.75, 3.05) is 43.4 Å². The number of carbonyl (C=O) groups excluding carboxylic acids is 2. The first-order chi connectivity index (χ1) is 22.2. The zero-order valence-electron chi connectivity index (χ0n) is 25.6. The van der Waals surface area contributed by atoms with E-state index in [0.29, 0.717) is 30.6 Å². The highest BCUT2D eigenvalue weighted by molar-refractivity contribution is 8.14. The number of ether oxygens (including phenoxy) is 1. The third kappa shape index (κ3) is 12.6. The van der Waals surface area contributed by atoms with Crippen LogP contribution < -0.4 is 17.2 Å². The van der Waals surface area contributed by atoms with Crippen molar-refractivity contribution in [2.45, 2.75) is 31.5 Å². The smallest absolute Gasteiger partial charge is 0.356 e. The number of fused-ring (bicyclic) bond motifs is 1. The molecule has 4 rings (SSSR count). The number of imidazole rings is 1. The van der Waals surface area contributed by atoms with Gasteiger partial charge < -0.3 is 35.6 Å². The molecule has 254 valence electrons. The first-order valence-electron chi connectivity index (χ1n) is 14.5. The maximum absolute atomic E-state index is 13.6. The summed E-state index contributed by atoms with van der Waals surface area (Å²) in [6.07, 6.45) is 3.41. The molecule has 0 aliphatic heterocycles. The van der Waals surface area contributed by atoms with E-state index < -0.39 is 19.7 Å². The summed E-state index contributed by atoms with van der Waals surface area (Å²) in [5, 5.41) is -0.392. The fraction of sp³-hybridized carbons (Fsp3) is 0.367. The molecule has 0 saturated heterocycles. The van der Waals surface area contributed by atoms with Gasteiger partial charge in [0.05, 0.1) is 38.2 Å². The van der Waals surface area contributed by atoms with Crippen molar-refractivity contribution in [2.24, 2.45) is 11.5 Å². The van der Waals surface area contributed by atoms with Gasteiger partial charge in [-0.3, -0.25) is 14.2 Å². The first-order valence-corrected chi connectivity index (χ1v) is 18.2. The lowest BCUT2D eigenvalue weighted by Gasteiger charge is -2.19. The van der Waals surface area contributed by atoms with Crippen molar-refractivity contribution < 1.29 is 27.9 Å². The molecule has 4 aromatic rings. The number of nitrogens with two attached hydrogens (primary N) is 3. The number of anilines is 1. The SMILES string of the molecule is Cl.Nc1ncnc2c1ncn2CCOCP(=O)(OCCSC(=O)[C@@H](N)Cc1ccccc1)OCCSC(=O)[C@@H](N)Cc1ccccc1.